The fraction of sp³-hybridized carbons (Fsp3) is 0.400. The summed E-state index contributed by atoms with van der Waals surface area (Å²) in [5.41, 5.74) is 0.620. The lowest BCUT2D eigenvalue weighted by Crippen LogP contribution is -2.29. The van der Waals surface area contributed by atoms with Crippen LogP contribution in [0.5, 0.6) is 11.5 Å². The average Bonchev–Trinajstić information content (AvgIpc) is 2.36. The SMILES string of the molecule is Cc1cc2c(cc1[N+](=O)[O-])OC(C)(C)O2. The Hall–Kier alpha value is -1.78. The molecule has 1 aliphatic rings. The molecule has 0 radical (unpaired) electrons. The van der Waals surface area contributed by atoms with Crippen LogP contribution in [-0.2, 0) is 0 Å². The van der Waals surface area contributed by atoms with Crippen LogP contribution in [0.15, 0.2) is 12.1 Å². The molecule has 0 N–H and O–H groups in total. The second-order valence-corrected chi connectivity index (χ2v) is 3.95. The standard InChI is InChI=1S/C10H11NO4/c1-6-4-8-9(5-7(6)11(12)13)15-10(2,3)14-8/h4-5H,1-3H3. The lowest BCUT2D eigenvalue weighted by molar-refractivity contribution is -0.385. The predicted molar refractivity (Wildman–Crippen MR) is 53.2 cm³/mol. The fourth-order valence-electron chi connectivity index (χ4n) is 1.56. The minimum Gasteiger partial charge on any atom is -0.449 e. The van der Waals surface area contributed by atoms with Crippen molar-refractivity contribution in [2.45, 2.75) is 26.6 Å². The molecule has 0 saturated carbocycles. The molecule has 1 aliphatic heterocycles. The Labute approximate surface area is 86.8 Å². The van der Waals surface area contributed by atoms with Crippen LogP contribution in [0.1, 0.15) is 19.4 Å². The molecule has 1 aromatic carbocycles. The van der Waals surface area contributed by atoms with Crippen LogP contribution in [0, 0.1) is 17.0 Å². The maximum Gasteiger partial charge on any atom is 0.276 e. The molecule has 0 aromatic heterocycles. The first-order valence-corrected chi connectivity index (χ1v) is 4.56. The molecule has 2 rings (SSSR count). The summed E-state index contributed by atoms with van der Waals surface area (Å²) in [4.78, 5) is 10.3. The number of hydrogen-bond acceptors (Lipinski definition) is 4. The van der Waals surface area contributed by atoms with Crippen molar-refractivity contribution < 1.29 is 14.4 Å². The van der Waals surface area contributed by atoms with Gasteiger partial charge in [-0.1, -0.05) is 0 Å². The monoisotopic (exact) mass is 209 g/mol. The minimum absolute atomic E-state index is 0.0510. The van der Waals surface area contributed by atoms with Gasteiger partial charge >= 0.3 is 0 Å². The van der Waals surface area contributed by atoms with Crippen LogP contribution >= 0.6 is 0 Å². The second kappa shape index (κ2) is 2.85. The molecule has 0 saturated heterocycles. The Morgan fingerprint density at radius 1 is 1.27 bits per heavy atom. The number of nitro groups is 1. The predicted octanol–water partition coefficient (Wildman–Crippen LogP) is 2.41. The van der Waals surface area contributed by atoms with Gasteiger partial charge in [0.1, 0.15) is 0 Å². The molecular formula is C10H11NO4. The first kappa shape index (κ1) is 9.76. The van der Waals surface area contributed by atoms with Crippen LogP contribution in [-0.4, -0.2) is 10.7 Å². The Morgan fingerprint density at radius 3 is 2.33 bits per heavy atom. The summed E-state index contributed by atoms with van der Waals surface area (Å²) in [5, 5.41) is 10.7. The van der Waals surface area contributed by atoms with E-state index in [0.29, 0.717) is 17.1 Å². The van der Waals surface area contributed by atoms with Gasteiger partial charge in [0.15, 0.2) is 11.5 Å². The second-order valence-electron chi connectivity index (χ2n) is 3.95. The van der Waals surface area contributed by atoms with Crippen molar-refractivity contribution in [2.75, 3.05) is 0 Å². The lowest BCUT2D eigenvalue weighted by Gasteiger charge is -2.16. The van der Waals surface area contributed by atoms with E-state index < -0.39 is 10.7 Å². The van der Waals surface area contributed by atoms with Crippen molar-refractivity contribution in [1.29, 1.82) is 0 Å². The van der Waals surface area contributed by atoms with Gasteiger partial charge in [0.05, 0.1) is 11.0 Å². The minimum atomic E-state index is -0.746. The molecule has 0 spiro atoms. The maximum atomic E-state index is 10.7. The third-order valence-electron chi connectivity index (χ3n) is 2.17. The molecule has 0 aliphatic carbocycles. The van der Waals surface area contributed by atoms with Gasteiger partial charge in [-0.15, -0.1) is 0 Å². The van der Waals surface area contributed by atoms with Gasteiger partial charge in [0.25, 0.3) is 5.69 Å². The van der Waals surface area contributed by atoms with Gasteiger partial charge in [-0.05, 0) is 13.0 Å². The molecule has 1 aromatic rings. The highest BCUT2D eigenvalue weighted by atomic mass is 16.7. The van der Waals surface area contributed by atoms with E-state index in [1.807, 2.05) is 0 Å². The highest BCUT2D eigenvalue weighted by molar-refractivity contribution is 5.55. The summed E-state index contributed by atoms with van der Waals surface area (Å²) >= 11 is 0. The number of fused-ring (bicyclic) bond motifs is 1. The molecule has 0 bridgehead atoms. The highest BCUT2D eigenvalue weighted by Gasteiger charge is 2.33. The van der Waals surface area contributed by atoms with Crippen molar-refractivity contribution in [3.63, 3.8) is 0 Å². The van der Waals surface area contributed by atoms with Crippen molar-refractivity contribution in [1.82, 2.24) is 0 Å². The van der Waals surface area contributed by atoms with Crippen molar-refractivity contribution in [3.05, 3.63) is 27.8 Å². The normalized spacial score (nSPS) is 16.5. The van der Waals surface area contributed by atoms with E-state index in [1.54, 1.807) is 26.8 Å². The van der Waals surface area contributed by atoms with Gasteiger partial charge in [-0.3, -0.25) is 10.1 Å². The first-order chi connectivity index (χ1) is 6.89. The molecule has 0 unspecified atom stereocenters. The third kappa shape index (κ3) is 1.60. The van der Waals surface area contributed by atoms with E-state index in [2.05, 4.69) is 0 Å². The summed E-state index contributed by atoms with van der Waals surface area (Å²) in [5.74, 6) is 0.240. The third-order valence-corrected chi connectivity index (χ3v) is 2.17. The van der Waals surface area contributed by atoms with E-state index in [-0.39, 0.29) is 5.69 Å². The van der Waals surface area contributed by atoms with Crippen LogP contribution < -0.4 is 9.47 Å². The molecule has 15 heavy (non-hydrogen) atoms. The van der Waals surface area contributed by atoms with E-state index in [9.17, 15) is 10.1 Å². The molecule has 0 fully saturated rings. The Kier molecular flexibility index (Phi) is 1.86. The molecule has 5 heteroatoms. The molecule has 1 heterocycles. The Balaban J connectivity index is 2.50. The summed E-state index contributed by atoms with van der Waals surface area (Å²) in [6.45, 7) is 5.19. The van der Waals surface area contributed by atoms with Crippen LogP contribution in [0.4, 0.5) is 5.69 Å². The zero-order valence-corrected chi connectivity index (χ0v) is 8.73. The number of nitrogens with zero attached hydrogens (tertiary/aromatic N) is 1. The summed E-state index contributed by atoms with van der Waals surface area (Å²) in [7, 11) is 0. The molecule has 0 amide bonds. The van der Waals surface area contributed by atoms with E-state index in [0.717, 1.165) is 0 Å². The van der Waals surface area contributed by atoms with Gasteiger partial charge < -0.3 is 9.47 Å². The maximum absolute atomic E-state index is 10.7. The van der Waals surface area contributed by atoms with Crippen molar-refractivity contribution in [3.8, 4) is 11.5 Å². The van der Waals surface area contributed by atoms with E-state index in [1.165, 1.54) is 6.07 Å². The van der Waals surface area contributed by atoms with E-state index >= 15 is 0 Å². The number of nitro benzene ring substituents is 1. The fourth-order valence-corrected chi connectivity index (χ4v) is 1.56. The van der Waals surface area contributed by atoms with Gasteiger partial charge in [-0.25, -0.2) is 0 Å². The van der Waals surface area contributed by atoms with Crippen LogP contribution in [0.2, 0.25) is 0 Å². The quantitative estimate of drug-likeness (QED) is 0.526. The molecule has 5 nitrogen and oxygen atoms in total. The van der Waals surface area contributed by atoms with E-state index in [4.69, 9.17) is 9.47 Å². The Bertz CT molecular complexity index is 439. The average molecular weight is 209 g/mol. The van der Waals surface area contributed by atoms with Gasteiger partial charge in [-0.2, -0.15) is 0 Å². The summed E-state index contributed by atoms with van der Waals surface area (Å²) in [6.07, 6.45) is 0. The van der Waals surface area contributed by atoms with Crippen LogP contribution in [0.3, 0.4) is 0 Å². The smallest absolute Gasteiger partial charge is 0.276 e. The summed E-state index contributed by atoms with van der Waals surface area (Å²) < 4.78 is 10.9. The molecule has 0 atom stereocenters. The van der Waals surface area contributed by atoms with Gasteiger partial charge in [0, 0.05) is 19.4 Å². The van der Waals surface area contributed by atoms with Crippen LogP contribution in [0.25, 0.3) is 0 Å². The first-order valence-electron chi connectivity index (χ1n) is 4.56. The molecule has 80 valence electrons. The van der Waals surface area contributed by atoms with Crippen molar-refractivity contribution >= 4 is 5.69 Å². The van der Waals surface area contributed by atoms with Gasteiger partial charge in [0.2, 0.25) is 5.79 Å². The lowest BCUT2D eigenvalue weighted by atomic mass is 10.2. The number of hydrogen-bond donors (Lipinski definition) is 0. The number of rotatable bonds is 1. The Morgan fingerprint density at radius 2 is 1.80 bits per heavy atom. The highest BCUT2D eigenvalue weighted by Crippen LogP contribution is 2.42. The zero-order chi connectivity index (χ0) is 11.2. The topological polar surface area (TPSA) is 61.6 Å². The summed E-state index contributed by atoms with van der Waals surface area (Å²) in [6, 6.07) is 3.03. The number of aryl methyl sites for hydroxylation is 1. The zero-order valence-electron chi connectivity index (χ0n) is 8.73. The van der Waals surface area contributed by atoms with Crippen molar-refractivity contribution in [2.24, 2.45) is 0 Å². The largest absolute Gasteiger partial charge is 0.449 e. The number of ether oxygens (including phenoxy) is 2. The molecular weight excluding hydrogens is 198 g/mol. The number of benzene rings is 1.